The molecule has 1 amide bonds. The van der Waals surface area contributed by atoms with E-state index in [0.717, 1.165) is 50.7 Å². The molecular weight excluding hydrogens is 424 g/mol. The number of pyridine rings is 1. The molecule has 1 unspecified atom stereocenters. The van der Waals surface area contributed by atoms with Gasteiger partial charge in [-0.25, -0.2) is 9.78 Å². The zero-order valence-corrected chi connectivity index (χ0v) is 18.9. The fraction of sp³-hybridized carbons (Fsp3) is 0.522. The van der Waals surface area contributed by atoms with E-state index in [9.17, 15) is 9.59 Å². The summed E-state index contributed by atoms with van der Waals surface area (Å²) in [5, 5.41) is 8.41. The summed E-state index contributed by atoms with van der Waals surface area (Å²) in [4.78, 5) is 35.2. The predicted molar refractivity (Wildman–Crippen MR) is 122 cm³/mol. The minimum absolute atomic E-state index is 0.188. The van der Waals surface area contributed by atoms with Gasteiger partial charge >= 0.3 is 5.97 Å². The second-order valence-corrected chi connectivity index (χ2v) is 8.03. The van der Waals surface area contributed by atoms with Crippen molar-refractivity contribution in [1.82, 2.24) is 20.1 Å². The molecule has 1 atom stereocenters. The highest BCUT2D eigenvalue weighted by atomic mass is 16.5. The van der Waals surface area contributed by atoms with E-state index in [2.05, 4.69) is 25.0 Å². The zero-order chi connectivity index (χ0) is 23.0. The van der Waals surface area contributed by atoms with Gasteiger partial charge in [0, 0.05) is 45.0 Å². The Kier molecular flexibility index (Phi) is 7.54. The molecule has 0 radical (unpaired) electrons. The Labute approximate surface area is 193 Å². The lowest BCUT2D eigenvalue weighted by molar-refractivity contribution is -0.157. The first-order chi connectivity index (χ1) is 16.2. The standard InChI is InChI=1S/C23H30N6O4/c1-2-32-23(31)18-7-4-6-12-29(18)22(30)17-33-21-10-9-20(25-26-21)28-15-13-27(14-16-28)19-8-3-5-11-24-19/h3,5,8-11,18H,2,4,6-7,12-17H2,1H3. The van der Waals surface area contributed by atoms with Crippen LogP contribution >= 0.6 is 0 Å². The molecule has 0 spiro atoms. The quantitative estimate of drug-likeness (QED) is 0.576. The third-order valence-electron chi connectivity index (χ3n) is 5.93. The molecule has 2 aromatic rings. The molecule has 0 saturated carbocycles. The summed E-state index contributed by atoms with van der Waals surface area (Å²) in [7, 11) is 0. The molecule has 0 aromatic carbocycles. The maximum atomic E-state index is 12.7. The molecule has 10 nitrogen and oxygen atoms in total. The van der Waals surface area contributed by atoms with Crippen molar-refractivity contribution in [3.63, 3.8) is 0 Å². The number of piperidine rings is 1. The smallest absolute Gasteiger partial charge is 0.328 e. The van der Waals surface area contributed by atoms with Gasteiger partial charge in [0.2, 0.25) is 5.88 Å². The monoisotopic (exact) mass is 454 g/mol. The molecule has 0 N–H and O–H groups in total. The number of piperazine rings is 1. The number of esters is 1. The Morgan fingerprint density at radius 1 is 0.970 bits per heavy atom. The largest absolute Gasteiger partial charge is 0.466 e. The van der Waals surface area contributed by atoms with Crippen molar-refractivity contribution >= 4 is 23.5 Å². The van der Waals surface area contributed by atoms with Gasteiger partial charge in [0.15, 0.2) is 12.4 Å². The van der Waals surface area contributed by atoms with Crippen LogP contribution in [0.15, 0.2) is 36.5 Å². The molecule has 2 aliphatic rings. The predicted octanol–water partition coefficient (Wildman–Crippen LogP) is 1.52. The number of rotatable bonds is 7. The average Bonchev–Trinajstić information content (AvgIpc) is 2.88. The van der Waals surface area contributed by atoms with Crippen LogP contribution in [0.1, 0.15) is 26.2 Å². The Hall–Kier alpha value is -3.43. The van der Waals surface area contributed by atoms with Crippen molar-refractivity contribution in [2.45, 2.75) is 32.2 Å². The van der Waals surface area contributed by atoms with E-state index in [4.69, 9.17) is 9.47 Å². The Balaban J connectivity index is 1.27. The summed E-state index contributed by atoms with van der Waals surface area (Å²) < 4.78 is 10.7. The summed E-state index contributed by atoms with van der Waals surface area (Å²) in [6, 6.07) is 8.96. The van der Waals surface area contributed by atoms with Crippen LogP contribution in [0.25, 0.3) is 0 Å². The lowest BCUT2D eigenvalue weighted by atomic mass is 10.0. The molecule has 2 aromatic heterocycles. The maximum Gasteiger partial charge on any atom is 0.328 e. The van der Waals surface area contributed by atoms with Crippen LogP contribution in [0.4, 0.5) is 11.6 Å². The van der Waals surface area contributed by atoms with Gasteiger partial charge in [-0.15, -0.1) is 10.2 Å². The van der Waals surface area contributed by atoms with Crippen LogP contribution in [0.2, 0.25) is 0 Å². The molecule has 4 heterocycles. The third kappa shape index (κ3) is 5.68. The molecule has 4 rings (SSSR count). The van der Waals surface area contributed by atoms with Gasteiger partial charge in [-0.3, -0.25) is 4.79 Å². The van der Waals surface area contributed by atoms with Gasteiger partial charge in [-0.1, -0.05) is 6.07 Å². The van der Waals surface area contributed by atoms with Gasteiger partial charge in [-0.2, -0.15) is 0 Å². The fourth-order valence-corrected chi connectivity index (χ4v) is 4.20. The van der Waals surface area contributed by atoms with Crippen molar-refractivity contribution in [2.75, 3.05) is 55.7 Å². The van der Waals surface area contributed by atoms with Gasteiger partial charge in [-0.05, 0) is 44.4 Å². The lowest BCUT2D eigenvalue weighted by Crippen LogP contribution is -2.50. The lowest BCUT2D eigenvalue weighted by Gasteiger charge is -2.35. The maximum absolute atomic E-state index is 12.7. The highest BCUT2D eigenvalue weighted by molar-refractivity contribution is 5.85. The van der Waals surface area contributed by atoms with E-state index < -0.39 is 6.04 Å². The SMILES string of the molecule is CCOC(=O)C1CCCCN1C(=O)COc1ccc(N2CCN(c3ccccn3)CC2)nn1. The third-order valence-corrected chi connectivity index (χ3v) is 5.93. The molecule has 2 fully saturated rings. The van der Waals surface area contributed by atoms with E-state index in [0.29, 0.717) is 19.6 Å². The van der Waals surface area contributed by atoms with Crippen molar-refractivity contribution in [3.8, 4) is 5.88 Å². The van der Waals surface area contributed by atoms with Gasteiger partial charge in [0.1, 0.15) is 11.9 Å². The number of aromatic nitrogens is 3. The normalized spacial score (nSPS) is 18.7. The summed E-state index contributed by atoms with van der Waals surface area (Å²) >= 11 is 0. The number of hydrogen-bond donors (Lipinski definition) is 0. The molecule has 33 heavy (non-hydrogen) atoms. The summed E-state index contributed by atoms with van der Waals surface area (Å²) in [6.07, 6.45) is 4.19. The Morgan fingerprint density at radius 3 is 2.42 bits per heavy atom. The molecule has 2 saturated heterocycles. The van der Waals surface area contributed by atoms with Crippen molar-refractivity contribution < 1.29 is 19.1 Å². The van der Waals surface area contributed by atoms with Crippen molar-refractivity contribution in [1.29, 1.82) is 0 Å². The van der Waals surface area contributed by atoms with Crippen molar-refractivity contribution in [2.24, 2.45) is 0 Å². The van der Waals surface area contributed by atoms with Crippen LogP contribution in [0.5, 0.6) is 5.88 Å². The Morgan fingerprint density at radius 2 is 1.76 bits per heavy atom. The first kappa shape index (κ1) is 22.8. The van der Waals surface area contributed by atoms with Gasteiger partial charge < -0.3 is 24.2 Å². The highest BCUT2D eigenvalue weighted by Gasteiger charge is 2.33. The molecule has 0 bridgehead atoms. The summed E-state index contributed by atoms with van der Waals surface area (Å²) in [6.45, 7) is 5.73. The average molecular weight is 455 g/mol. The molecule has 176 valence electrons. The second kappa shape index (κ2) is 10.9. The molecule has 2 aliphatic heterocycles. The van der Waals surface area contributed by atoms with E-state index in [1.807, 2.05) is 24.3 Å². The number of carbonyl (C=O) groups excluding carboxylic acids is 2. The number of ether oxygens (including phenoxy) is 2. The number of nitrogens with zero attached hydrogens (tertiary/aromatic N) is 6. The van der Waals surface area contributed by atoms with Crippen LogP contribution < -0.4 is 14.5 Å². The number of anilines is 2. The van der Waals surface area contributed by atoms with Crippen LogP contribution in [-0.2, 0) is 14.3 Å². The van der Waals surface area contributed by atoms with E-state index in [1.165, 1.54) is 0 Å². The second-order valence-electron chi connectivity index (χ2n) is 8.03. The highest BCUT2D eigenvalue weighted by Crippen LogP contribution is 2.20. The summed E-state index contributed by atoms with van der Waals surface area (Å²) in [5.74, 6) is 1.44. The number of likely N-dealkylation sites (tertiary alicyclic amines) is 1. The van der Waals surface area contributed by atoms with Crippen LogP contribution in [0.3, 0.4) is 0 Å². The minimum atomic E-state index is -0.534. The zero-order valence-electron chi connectivity index (χ0n) is 18.9. The Bertz CT molecular complexity index is 918. The molecule has 10 heteroatoms. The first-order valence-electron chi connectivity index (χ1n) is 11.5. The van der Waals surface area contributed by atoms with Crippen LogP contribution in [0, 0.1) is 0 Å². The van der Waals surface area contributed by atoms with E-state index in [1.54, 1.807) is 24.1 Å². The first-order valence-corrected chi connectivity index (χ1v) is 11.5. The fourth-order valence-electron chi connectivity index (χ4n) is 4.20. The number of hydrogen-bond acceptors (Lipinski definition) is 9. The number of amides is 1. The molecular formula is C23H30N6O4. The van der Waals surface area contributed by atoms with Gasteiger partial charge in [0.25, 0.3) is 5.91 Å². The minimum Gasteiger partial charge on any atom is -0.466 e. The topological polar surface area (TPSA) is 101 Å². The van der Waals surface area contributed by atoms with E-state index >= 15 is 0 Å². The summed E-state index contributed by atoms with van der Waals surface area (Å²) in [5.41, 5.74) is 0. The van der Waals surface area contributed by atoms with E-state index in [-0.39, 0.29) is 24.4 Å². The molecule has 0 aliphatic carbocycles. The van der Waals surface area contributed by atoms with Crippen LogP contribution in [-0.4, -0.2) is 83.9 Å². The van der Waals surface area contributed by atoms with Gasteiger partial charge in [0.05, 0.1) is 6.61 Å². The number of carbonyl (C=O) groups is 2. The van der Waals surface area contributed by atoms with Crippen molar-refractivity contribution in [3.05, 3.63) is 36.5 Å².